The van der Waals surface area contributed by atoms with Gasteiger partial charge in [0.2, 0.25) is 22.7 Å². The molecule has 1 N–H and O–H groups in total. The fraction of sp³-hybridized carbons (Fsp3) is 0.381. The molecule has 1 atom stereocenters. The topological polar surface area (TPSA) is 88.2 Å². The maximum atomic E-state index is 12.8. The van der Waals surface area contributed by atoms with Crippen molar-refractivity contribution in [3.05, 3.63) is 48.0 Å². The van der Waals surface area contributed by atoms with Gasteiger partial charge in [-0.05, 0) is 62.5 Å². The lowest BCUT2D eigenvalue weighted by Gasteiger charge is -2.25. The van der Waals surface area contributed by atoms with Gasteiger partial charge in [0.15, 0.2) is 11.5 Å². The van der Waals surface area contributed by atoms with Gasteiger partial charge < -0.3 is 19.3 Å². The van der Waals surface area contributed by atoms with Crippen LogP contribution in [0.15, 0.2) is 47.4 Å². The van der Waals surface area contributed by atoms with E-state index in [9.17, 15) is 13.2 Å². The molecule has 0 saturated carbocycles. The van der Waals surface area contributed by atoms with Crippen LogP contribution in [-0.4, -0.2) is 53.2 Å². The average Bonchev–Trinajstić information content (AvgIpc) is 3.36. The Bertz CT molecular complexity index is 1040. The van der Waals surface area contributed by atoms with Crippen molar-refractivity contribution in [3.63, 3.8) is 0 Å². The molecule has 168 valence electrons. The normalized spacial score (nSPS) is 16.5. The van der Waals surface area contributed by atoms with Crippen LogP contribution in [-0.2, 0) is 14.8 Å². The molecular formula is C21H26ClN3O5S. The summed E-state index contributed by atoms with van der Waals surface area (Å²) < 4.78 is 39.1. The van der Waals surface area contributed by atoms with Crippen LogP contribution in [0.3, 0.4) is 0 Å². The van der Waals surface area contributed by atoms with Gasteiger partial charge in [0.1, 0.15) is 0 Å². The van der Waals surface area contributed by atoms with Gasteiger partial charge >= 0.3 is 0 Å². The van der Waals surface area contributed by atoms with E-state index in [1.54, 1.807) is 17.0 Å². The van der Waals surface area contributed by atoms with Gasteiger partial charge in [-0.2, -0.15) is 0 Å². The predicted octanol–water partition coefficient (Wildman–Crippen LogP) is 2.55. The summed E-state index contributed by atoms with van der Waals surface area (Å²) >= 11 is 0. The van der Waals surface area contributed by atoms with Crippen LogP contribution in [0.4, 0.5) is 5.69 Å². The number of ether oxygens (including phenoxy) is 2. The SMILES string of the molecule is CN(C)C(CNS(=O)(=O)c1ccc(N2CCCC2=O)cc1)c1ccc2c(c1)OCO2.Cl. The van der Waals surface area contributed by atoms with Crippen LogP contribution in [0, 0.1) is 0 Å². The van der Waals surface area contributed by atoms with Crippen LogP contribution < -0.4 is 19.1 Å². The summed E-state index contributed by atoms with van der Waals surface area (Å²) in [6.07, 6.45) is 1.36. The van der Waals surface area contributed by atoms with Crippen molar-refractivity contribution in [3.8, 4) is 11.5 Å². The molecule has 1 fully saturated rings. The summed E-state index contributed by atoms with van der Waals surface area (Å²) in [5, 5.41) is 0. The molecule has 0 aliphatic carbocycles. The zero-order valence-corrected chi connectivity index (χ0v) is 19.0. The van der Waals surface area contributed by atoms with Crippen molar-refractivity contribution >= 4 is 34.0 Å². The van der Waals surface area contributed by atoms with Crippen molar-refractivity contribution in [1.82, 2.24) is 9.62 Å². The largest absolute Gasteiger partial charge is 0.454 e. The Morgan fingerprint density at radius 2 is 1.81 bits per heavy atom. The van der Waals surface area contributed by atoms with Crippen LogP contribution >= 0.6 is 12.4 Å². The number of nitrogens with one attached hydrogen (secondary N) is 1. The lowest BCUT2D eigenvalue weighted by Crippen LogP contribution is -2.34. The smallest absolute Gasteiger partial charge is 0.240 e. The fourth-order valence-corrected chi connectivity index (χ4v) is 4.76. The molecule has 2 aromatic rings. The Morgan fingerprint density at radius 1 is 1.10 bits per heavy atom. The molecule has 1 amide bonds. The number of fused-ring (bicyclic) bond motifs is 1. The minimum absolute atomic E-state index is 0. The van der Waals surface area contributed by atoms with Crippen molar-refractivity contribution in [2.24, 2.45) is 0 Å². The zero-order chi connectivity index (χ0) is 21.3. The highest BCUT2D eigenvalue weighted by molar-refractivity contribution is 7.89. The molecule has 2 aliphatic rings. The van der Waals surface area contributed by atoms with E-state index in [2.05, 4.69) is 4.72 Å². The van der Waals surface area contributed by atoms with E-state index in [4.69, 9.17) is 9.47 Å². The minimum atomic E-state index is -3.70. The maximum absolute atomic E-state index is 12.8. The summed E-state index contributed by atoms with van der Waals surface area (Å²) in [6.45, 7) is 1.06. The molecule has 0 bridgehead atoms. The molecule has 2 aliphatic heterocycles. The standard InChI is InChI=1S/C21H25N3O5S.ClH/c1-23(2)18(15-5-10-19-20(12-15)29-14-28-19)13-22-30(26,27)17-8-6-16(7-9-17)24-11-3-4-21(24)25;/h5-10,12,18,22H,3-4,11,13-14H2,1-2H3;1H. The summed E-state index contributed by atoms with van der Waals surface area (Å²) in [5.74, 6) is 1.42. The molecule has 31 heavy (non-hydrogen) atoms. The van der Waals surface area contributed by atoms with Crippen LogP contribution in [0.25, 0.3) is 0 Å². The molecule has 10 heteroatoms. The van der Waals surface area contributed by atoms with E-state index < -0.39 is 10.0 Å². The first-order valence-electron chi connectivity index (χ1n) is 9.81. The van der Waals surface area contributed by atoms with Crippen molar-refractivity contribution in [1.29, 1.82) is 0 Å². The van der Waals surface area contributed by atoms with Gasteiger partial charge in [-0.3, -0.25) is 4.79 Å². The Hall–Kier alpha value is -2.33. The Morgan fingerprint density at radius 3 is 2.45 bits per heavy atom. The van der Waals surface area contributed by atoms with E-state index in [0.29, 0.717) is 24.5 Å². The minimum Gasteiger partial charge on any atom is -0.454 e. The lowest BCUT2D eigenvalue weighted by atomic mass is 10.1. The van der Waals surface area contributed by atoms with E-state index in [0.717, 1.165) is 17.7 Å². The Labute approximate surface area is 188 Å². The number of benzene rings is 2. The van der Waals surface area contributed by atoms with Gasteiger partial charge in [-0.1, -0.05) is 6.07 Å². The average molecular weight is 468 g/mol. The van der Waals surface area contributed by atoms with Crippen molar-refractivity contribution in [2.75, 3.05) is 38.9 Å². The fourth-order valence-electron chi connectivity index (χ4n) is 3.72. The summed E-state index contributed by atoms with van der Waals surface area (Å²) in [6, 6.07) is 11.9. The number of sulfonamides is 1. The van der Waals surface area contributed by atoms with E-state index in [-0.39, 0.29) is 42.6 Å². The highest BCUT2D eigenvalue weighted by Gasteiger charge is 2.24. The first-order chi connectivity index (χ1) is 14.3. The summed E-state index contributed by atoms with van der Waals surface area (Å²) in [7, 11) is 0.0903. The predicted molar refractivity (Wildman–Crippen MR) is 119 cm³/mol. The van der Waals surface area contributed by atoms with Crippen molar-refractivity contribution in [2.45, 2.75) is 23.8 Å². The third-order valence-electron chi connectivity index (χ3n) is 5.40. The third-order valence-corrected chi connectivity index (χ3v) is 6.84. The molecule has 2 heterocycles. The summed E-state index contributed by atoms with van der Waals surface area (Å²) in [4.78, 5) is 15.7. The second-order valence-corrected chi connectivity index (χ2v) is 9.35. The number of nitrogens with zero attached hydrogens (tertiary/aromatic N) is 2. The van der Waals surface area contributed by atoms with E-state index in [1.165, 1.54) is 12.1 Å². The second kappa shape index (κ2) is 9.44. The molecular weight excluding hydrogens is 442 g/mol. The Balaban J connectivity index is 0.00000272. The molecule has 1 unspecified atom stereocenters. The number of hydrogen-bond donors (Lipinski definition) is 1. The summed E-state index contributed by atoms with van der Waals surface area (Å²) in [5.41, 5.74) is 1.65. The third kappa shape index (κ3) is 4.95. The molecule has 0 aromatic heterocycles. The molecule has 0 radical (unpaired) electrons. The first-order valence-corrected chi connectivity index (χ1v) is 11.3. The van der Waals surface area contributed by atoms with Crippen LogP contribution in [0.2, 0.25) is 0 Å². The highest BCUT2D eigenvalue weighted by Crippen LogP contribution is 2.35. The maximum Gasteiger partial charge on any atom is 0.240 e. The second-order valence-electron chi connectivity index (χ2n) is 7.59. The number of carbonyl (C=O) groups excluding carboxylic acids is 1. The molecule has 1 saturated heterocycles. The van der Waals surface area contributed by atoms with Crippen molar-refractivity contribution < 1.29 is 22.7 Å². The number of carbonyl (C=O) groups is 1. The molecule has 2 aromatic carbocycles. The van der Waals surface area contributed by atoms with Gasteiger partial charge in [-0.25, -0.2) is 13.1 Å². The molecule has 0 spiro atoms. The number of hydrogen-bond acceptors (Lipinski definition) is 6. The van der Waals surface area contributed by atoms with Crippen LogP contribution in [0.1, 0.15) is 24.4 Å². The van der Waals surface area contributed by atoms with E-state index in [1.807, 2.05) is 37.2 Å². The highest BCUT2D eigenvalue weighted by atomic mass is 35.5. The van der Waals surface area contributed by atoms with Crippen LogP contribution in [0.5, 0.6) is 11.5 Å². The monoisotopic (exact) mass is 467 g/mol. The van der Waals surface area contributed by atoms with Gasteiger partial charge in [0.25, 0.3) is 0 Å². The van der Waals surface area contributed by atoms with Gasteiger partial charge in [0.05, 0.1) is 4.90 Å². The van der Waals surface area contributed by atoms with E-state index >= 15 is 0 Å². The van der Waals surface area contributed by atoms with Gasteiger partial charge in [0, 0.05) is 31.2 Å². The molecule has 8 nitrogen and oxygen atoms in total. The number of anilines is 1. The lowest BCUT2D eigenvalue weighted by molar-refractivity contribution is -0.117. The number of amides is 1. The number of halogens is 1. The molecule has 4 rings (SSSR count). The van der Waals surface area contributed by atoms with Gasteiger partial charge in [-0.15, -0.1) is 12.4 Å². The zero-order valence-electron chi connectivity index (χ0n) is 17.4. The number of rotatable bonds is 7. The first kappa shape index (κ1) is 23.3. The quantitative estimate of drug-likeness (QED) is 0.673. The number of likely N-dealkylation sites (N-methyl/N-ethyl adjacent to an activating group) is 1. The Kier molecular flexibility index (Phi) is 7.10.